The standard InChI is InChI=1S/C19H24N2O4S/c1-13-9-10-16(11-17(13)19(22)20-15(3)12-25-4)26(23,24)21-18-8-6-5-7-14(18)2/h5-11,15,21H,12H2,1-4H3,(H,20,22)/t15-/m1/s1. The van der Waals surface area contributed by atoms with E-state index in [1.54, 1.807) is 32.2 Å². The number of sulfonamides is 1. The smallest absolute Gasteiger partial charge is 0.261 e. The summed E-state index contributed by atoms with van der Waals surface area (Å²) in [5, 5.41) is 2.80. The number of carbonyl (C=O) groups is 1. The summed E-state index contributed by atoms with van der Waals surface area (Å²) < 4.78 is 33.0. The van der Waals surface area contributed by atoms with Gasteiger partial charge in [-0.25, -0.2) is 8.42 Å². The highest BCUT2D eigenvalue weighted by atomic mass is 32.2. The third-order valence-electron chi connectivity index (χ3n) is 3.95. The van der Waals surface area contributed by atoms with E-state index in [9.17, 15) is 13.2 Å². The van der Waals surface area contributed by atoms with Crippen LogP contribution in [-0.2, 0) is 14.8 Å². The van der Waals surface area contributed by atoms with Gasteiger partial charge in [0.15, 0.2) is 0 Å². The predicted molar refractivity (Wildman–Crippen MR) is 102 cm³/mol. The number of carbonyl (C=O) groups excluding carboxylic acids is 1. The molecule has 1 atom stereocenters. The molecule has 0 heterocycles. The molecular weight excluding hydrogens is 352 g/mol. The Bertz CT molecular complexity index is 894. The molecule has 0 unspecified atom stereocenters. The number of para-hydroxylation sites is 1. The second kappa shape index (κ2) is 8.33. The van der Waals surface area contributed by atoms with E-state index in [1.165, 1.54) is 12.1 Å². The fourth-order valence-corrected chi connectivity index (χ4v) is 3.65. The average molecular weight is 376 g/mol. The minimum absolute atomic E-state index is 0.0379. The van der Waals surface area contributed by atoms with Gasteiger partial charge in [-0.2, -0.15) is 0 Å². The van der Waals surface area contributed by atoms with E-state index in [2.05, 4.69) is 10.0 Å². The molecule has 2 aromatic carbocycles. The maximum absolute atomic E-state index is 12.7. The second-order valence-corrected chi connectivity index (χ2v) is 7.91. The Morgan fingerprint density at radius 3 is 2.46 bits per heavy atom. The van der Waals surface area contributed by atoms with Crippen molar-refractivity contribution in [3.63, 3.8) is 0 Å². The van der Waals surface area contributed by atoms with Gasteiger partial charge in [0.2, 0.25) is 0 Å². The van der Waals surface area contributed by atoms with E-state index < -0.39 is 10.0 Å². The monoisotopic (exact) mass is 376 g/mol. The molecule has 26 heavy (non-hydrogen) atoms. The normalized spacial score (nSPS) is 12.5. The summed E-state index contributed by atoms with van der Waals surface area (Å²) in [6.45, 7) is 5.78. The van der Waals surface area contributed by atoms with Gasteiger partial charge in [-0.05, 0) is 50.1 Å². The molecule has 0 spiro atoms. The van der Waals surface area contributed by atoms with Crippen LogP contribution >= 0.6 is 0 Å². The molecule has 1 amide bonds. The van der Waals surface area contributed by atoms with E-state index in [0.717, 1.165) is 5.56 Å². The van der Waals surface area contributed by atoms with Gasteiger partial charge in [0.1, 0.15) is 0 Å². The first-order valence-electron chi connectivity index (χ1n) is 8.23. The van der Waals surface area contributed by atoms with Crippen molar-refractivity contribution in [1.29, 1.82) is 0 Å². The second-order valence-electron chi connectivity index (χ2n) is 6.23. The van der Waals surface area contributed by atoms with Gasteiger partial charge in [-0.1, -0.05) is 24.3 Å². The Kier molecular flexibility index (Phi) is 6.39. The van der Waals surface area contributed by atoms with Crippen LogP contribution in [0.5, 0.6) is 0 Å². The quantitative estimate of drug-likeness (QED) is 0.778. The molecule has 2 aromatic rings. The van der Waals surface area contributed by atoms with Crippen LogP contribution in [-0.4, -0.2) is 34.1 Å². The van der Waals surface area contributed by atoms with Crippen LogP contribution in [0.2, 0.25) is 0 Å². The van der Waals surface area contributed by atoms with Crippen molar-refractivity contribution in [2.45, 2.75) is 31.7 Å². The third kappa shape index (κ3) is 4.83. The van der Waals surface area contributed by atoms with Crippen LogP contribution in [0.3, 0.4) is 0 Å². The van der Waals surface area contributed by atoms with Crippen molar-refractivity contribution in [2.24, 2.45) is 0 Å². The van der Waals surface area contributed by atoms with Crippen molar-refractivity contribution in [3.05, 3.63) is 59.2 Å². The van der Waals surface area contributed by atoms with E-state index in [1.807, 2.05) is 26.0 Å². The van der Waals surface area contributed by atoms with E-state index in [0.29, 0.717) is 23.4 Å². The molecule has 140 valence electrons. The molecule has 0 aliphatic heterocycles. The predicted octanol–water partition coefficient (Wildman–Crippen LogP) is 2.87. The average Bonchev–Trinajstić information content (AvgIpc) is 2.57. The van der Waals surface area contributed by atoms with Crippen LogP contribution in [0.4, 0.5) is 5.69 Å². The first-order valence-corrected chi connectivity index (χ1v) is 9.72. The Morgan fingerprint density at radius 1 is 1.12 bits per heavy atom. The lowest BCUT2D eigenvalue weighted by Gasteiger charge is -2.15. The summed E-state index contributed by atoms with van der Waals surface area (Å²) in [5.74, 6) is -0.333. The summed E-state index contributed by atoms with van der Waals surface area (Å²) in [4.78, 5) is 12.5. The molecule has 0 aliphatic carbocycles. The zero-order valence-electron chi connectivity index (χ0n) is 15.4. The molecule has 0 fully saturated rings. The molecule has 0 aliphatic rings. The highest BCUT2D eigenvalue weighted by Crippen LogP contribution is 2.21. The Morgan fingerprint density at radius 2 is 1.81 bits per heavy atom. The van der Waals surface area contributed by atoms with Gasteiger partial charge in [0.25, 0.3) is 15.9 Å². The fraction of sp³-hybridized carbons (Fsp3) is 0.316. The summed E-state index contributed by atoms with van der Waals surface area (Å²) in [6, 6.07) is 11.4. The van der Waals surface area contributed by atoms with Crippen molar-refractivity contribution in [3.8, 4) is 0 Å². The number of benzene rings is 2. The third-order valence-corrected chi connectivity index (χ3v) is 5.31. The number of ether oxygens (including phenoxy) is 1. The minimum Gasteiger partial charge on any atom is -0.383 e. The van der Waals surface area contributed by atoms with Gasteiger partial charge in [-0.15, -0.1) is 0 Å². The molecule has 0 bridgehead atoms. The fourth-order valence-electron chi connectivity index (χ4n) is 2.50. The lowest BCUT2D eigenvalue weighted by atomic mass is 10.1. The molecular formula is C19H24N2O4S. The number of anilines is 1. The van der Waals surface area contributed by atoms with Crippen molar-refractivity contribution >= 4 is 21.6 Å². The molecule has 0 saturated carbocycles. The summed E-state index contributed by atoms with van der Waals surface area (Å²) in [6.07, 6.45) is 0. The molecule has 6 nitrogen and oxygen atoms in total. The van der Waals surface area contributed by atoms with Crippen LogP contribution in [0.1, 0.15) is 28.4 Å². The molecule has 0 aromatic heterocycles. The molecule has 0 saturated heterocycles. The number of hydrogen-bond donors (Lipinski definition) is 2. The van der Waals surface area contributed by atoms with Gasteiger partial charge in [0.05, 0.1) is 17.2 Å². The zero-order chi connectivity index (χ0) is 19.3. The van der Waals surface area contributed by atoms with Crippen molar-refractivity contribution in [1.82, 2.24) is 5.32 Å². The maximum Gasteiger partial charge on any atom is 0.261 e. The zero-order valence-corrected chi connectivity index (χ0v) is 16.2. The van der Waals surface area contributed by atoms with E-state index >= 15 is 0 Å². The van der Waals surface area contributed by atoms with Crippen molar-refractivity contribution < 1.29 is 17.9 Å². The number of amides is 1. The van der Waals surface area contributed by atoms with Gasteiger partial charge in [-0.3, -0.25) is 9.52 Å². The van der Waals surface area contributed by atoms with E-state index in [4.69, 9.17) is 4.74 Å². The van der Waals surface area contributed by atoms with Gasteiger partial charge < -0.3 is 10.1 Å². The topological polar surface area (TPSA) is 84.5 Å². The van der Waals surface area contributed by atoms with Crippen LogP contribution in [0, 0.1) is 13.8 Å². The molecule has 2 rings (SSSR count). The molecule has 7 heteroatoms. The molecule has 2 N–H and O–H groups in total. The maximum atomic E-state index is 12.7. The minimum atomic E-state index is -3.80. The first kappa shape index (κ1) is 19.9. The highest BCUT2D eigenvalue weighted by molar-refractivity contribution is 7.92. The Labute approximate surface area is 154 Å². The lowest BCUT2D eigenvalue weighted by molar-refractivity contribution is 0.0904. The lowest BCUT2D eigenvalue weighted by Crippen LogP contribution is -2.36. The molecule has 0 radical (unpaired) electrons. The van der Waals surface area contributed by atoms with E-state index in [-0.39, 0.29) is 16.8 Å². The Hall–Kier alpha value is -2.38. The number of methoxy groups -OCH3 is 1. The van der Waals surface area contributed by atoms with Crippen molar-refractivity contribution in [2.75, 3.05) is 18.4 Å². The summed E-state index contributed by atoms with van der Waals surface area (Å²) in [5.41, 5.74) is 2.34. The SMILES string of the molecule is COC[C@@H](C)NC(=O)c1cc(S(=O)(=O)Nc2ccccc2C)ccc1C. The number of aryl methyl sites for hydroxylation is 2. The van der Waals surface area contributed by atoms with Crippen LogP contribution in [0.25, 0.3) is 0 Å². The largest absolute Gasteiger partial charge is 0.383 e. The first-order chi connectivity index (χ1) is 12.2. The number of hydrogen-bond acceptors (Lipinski definition) is 4. The Balaban J connectivity index is 2.30. The van der Waals surface area contributed by atoms with Gasteiger partial charge in [0, 0.05) is 18.7 Å². The number of rotatable bonds is 7. The highest BCUT2D eigenvalue weighted by Gasteiger charge is 2.19. The number of nitrogens with one attached hydrogen (secondary N) is 2. The van der Waals surface area contributed by atoms with Crippen LogP contribution in [0.15, 0.2) is 47.4 Å². The summed E-state index contributed by atoms with van der Waals surface area (Å²) >= 11 is 0. The van der Waals surface area contributed by atoms with Crippen LogP contribution < -0.4 is 10.0 Å². The van der Waals surface area contributed by atoms with Gasteiger partial charge >= 0.3 is 0 Å². The summed E-state index contributed by atoms with van der Waals surface area (Å²) in [7, 11) is -2.25.